The van der Waals surface area contributed by atoms with E-state index in [9.17, 15) is 15.0 Å². The van der Waals surface area contributed by atoms with Crippen molar-refractivity contribution < 1.29 is 19.4 Å². The molecule has 1 aliphatic rings. The van der Waals surface area contributed by atoms with Crippen LogP contribution < -0.4 is 5.73 Å². The van der Waals surface area contributed by atoms with Gasteiger partial charge in [-0.3, -0.25) is 9.69 Å². The van der Waals surface area contributed by atoms with E-state index in [2.05, 4.69) is 0 Å². The molecule has 0 spiro atoms. The fourth-order valence-corrected chi connectivity index (χ4v) is 3.54. The van der Waals surface area contributed by atoms with E-state index in [1.165, 1.54) is 6.26 Å². The van der Waals surface area contributed by atoms with Crippen molar-refractivity contribution in [2.75, 3.05) is 13.1 Å². The summed E-state index contributed by atoms with van der Waals surface area (Å²) in [4.78, 5) is 14.0. The molecule has 134 valence electrons. The number of benzene rings is 1. The SMILES string of the molecule is NC(=O)[C@](O)(CN1CCC[C@H]1C[C@@H](O)c1ccco1)c1ccccc1. The highest BCUT2D eigenvalue weighted by atomic mass is 16.4. The number of carbonyl (C=O) groups excluding carboxylic acids is 1. The molecule has 0 radical (unpaired) electrons. The average Bonchev–Trinajstić information content (AvgIpc) is 3.28. The molecule has 4 N–H and O–H groups in total. The van der Waals surface area contributed by atoms with Gasteiger partial charge in [0.05, 0.1) is 6.26 Å². The highest BCUT2D eigenvalue weighted by Crippen LogP contribution is 2.31. The van der Waals surface area contributed by atoms with Gasteiger partial charge in [0.15, 0.2) is 5.60 Å². The lowest BCUT2D eigenvalue weighted by Crippen LogP contribution is -2.51. The summed E-state index contributed by atoms with van der Waals surface area (Å²) < 4.78 is 5.26. The molecule has 3 rings (SSSR count). The molecule has 1 aromatic carbocycles. The minimum atomic E-state index is -1.75. The van der Waals surface area contributed by atoms with Gasteiger partial charge in [-0.1, -0.05) is 30.3 Å². The lowest BCUT2D eigenvalue weighted by molar-refractivity contribution is -0.140. The van der Waals surface area contributed by atoms with Crippen LogP contribution in [0.1, 0.15) is 36.7 Å². The Labute approximate surface area is 146 Å². The predicted octanol–water partition coefficient (Wildman–Crippen LogP) is 1.54. The molecule has 2 heterocycles. The Morgan fingerprint density at radius 1 is 1.32 bits per heavy atom. The molecule has 25 heavy (non-hydrogen) atoms. The van der Waals surface area contributed by atoms with Crippen molar-refractivity contribution >= 4 is 5.91 Å². The topological polar surface area (TPSA) is 99.9 Å². The second kappa shape index (κ2) is 7.39. The van der Waals surface area contributed by atoms with Crippen LogP contribution in [0.4, 0.5) is 0 Å². The first kappa shape index (κ1) is 17.7. The van der Waals surface area contributed by atoms with Crippen molar-refractivity contribution in [2.24, 2.45) is 5.73 Å². The van der Waals surface area contributed by atoms with Gasteiger partial charge < -0.3 is 20.4 Å². The van der Waals surface area contributed by atoms with Gasteiger partial charge in [-0.15, -0.1) is 0 Å². The van der Waals surface area contributed by atoms with Crippen molar-refractivity contribution in [1.29, 1.82) is 0 Å². The van der Waals surface area contributed by atoms with E-state index in [0.29, 0.717) is 17.7 Å². The number of nitrogens with two attached hydrogens (primary N) is 1. The van der Waals surface area contributed by atoms with Crippen molar-refractivity contribution in [3.63, 3.8) is 0 Å². The number of aliphatic hydroxyl groups excluding tert-OH is 1. The summed E-state index contributed by atoms with van der Waals surface area (Å²) in [5, 5.41) is 21.3. The first-order chi connectivity index (χ1) is 12.0. The number of β-amino-alcohol motifs (C(OH)–C–C–N with tert-alkyl or cyclic N) is 1. The van der Waals surface area contributed by atoms with Crippen LogP contribution in [-0.2, 0) is 10.4 Å². The van der Waals surface area contributed by atoms with E-state index >= 15 is 0 Å². The third-order valence-corrected chi connectivity index (χ3v) is 4.96. The lowest BCUT2D eigenvalue weighted by atomic mass is 9.91. The first-order valence-corrected chi connectivity index (χ1v) is 8.54. The largest absolute Gasteiger partial charge is 0.467 e. The van der Waals surface area contributed by atoms with E-state index in [4.69, 9.17) is 10.2 Å². The van der Waals surface area contributed by atoms with Crippen LogP contribution in [0.25, 0.3) is 0 Å². The number of amides is 1. The second-order valence-corrected chi connectivity index (χ2v) is 6.62. The minimum absolute atomic E-state index is 0.0506. The fraction of sp³-hybridized carbons (Fsp3) is 0.421. The molecular weight excluding hydrogens is 320 g/mol. The molecule has 1 amide bonds. The Hall–Kier alpha value is -2.15. The van der Waals surface area contributed by atoms with Gasteiger partial charge in [0, 0.05) is 12.6 Å². The average molecular weight is 344 g/mol. The van der Waals surface area contributed by atoms with E-state index in [1.54, 1.807) is 36.4 Å². The van der Waals surface area contributed by atoms with Crippen LogP contribution in [0, 0.1) is 0 Å². The Balaban J connectivity index is 1.74. The molecule has 1 aliphatic heterocycles. The fourth-order valence-electron chi connectivity index (χ4n) is 3.54. The molecule has 0 saturated carbocycles. The molecule has 1 saturated heterocycles. The van der Waals surface area contributed by atoms with Crippen LogP contribution in [-0.4, -0.2) is 40.2 Å². The predicted molar refractivity (Wildman–Crippen MR) is 92.4 cm³/mol. The number of hydrogen-bond acceptors (Lipinski definition) is 5. The molecule has 1 fully saturated rings. The number of hydrogen-bond donors (Lipinski definition) is 3. The van der Waals surface area contributed by atoms with Crippen molar-refractivity contribution in [2.45, 2.75) is 37.0 Å². The third-order valence-electron chi connectivity index (χ3n) is 4.96. The molecule has 6 heteroatoms. The van der Waals surface area contributed by atoms with E-state index in [1.807, 2.05) is 11.0 Å². The van der Waals surface area contributed by atoms with Crippen LogP contribution in [0.5, 0.6) is 0 Å². The number of carbonyl (C=O) groups is 1. The second-order valence-electron chi connectivity index (χ2n) is 6.62. The molecule has 3 atom stereocenters. The van der Waals surface area contributed by atoms with Gasteiger partial charge in [0.2, 0.25) is 0 Å². The summed E-state index contributed by atoms with van der Waals surface area (Å²) in [6, 6.07) is 12.3. The summed E-state index contributed by atoms with van der Waals surface area (Å²) in [5.41, 5.74) is 4.26. The Kier molecular flexibility index (Phi) is 5.22. The zero-order chi connectivity index (χ0) is 17.9. The summed E-state index contributed by atoms with van der Waals surface area (Å²) in [6.45, 7) is 0.861. The van der Waals surface area contributed by atoms with Gasteiger partial charge in [-0.25, -0.2) is 0 Å². The van der Waals surface area contributed by atoms with Crippen LogP contribution in [0.15, 0.2) is 53.1 Å². The quantitative estimate of drug-likeness (QED) is 0.707. The molecule has 0 unspecified atom stereocenters. The monoisotopic (exact) mass is 344 g/mol. The zero-order valence-electron chi connectivity index (χ0n) is 14.0. The third kappa shape index (κ3) is 3.76. The van der Waals surface area contributed by atoms with E-state index in [0.717, 1.165) is 19.4 Å². The smallest absolute Gasteiger partial charge is 0.255 e. The molecule has 6 nitrogen and oxygen atoms in total. The van der Waals surface area contributed by atoms with Gasteiger partial charge in [0.25, 0.3) is 5.91 Å². The van der Waals surface area contributed by atoms with Gasteiger partial charge >= 0.3 is 0 Å². The summed E-state index contributed by atoms with van der Waals surface area (Å²) >= 11 is 0. The molecule has 2 aromatic rings. The number of furan rings is 1. The van der Waals surface area contributed by atoms with Gasteiger partial charge in [0.1, 0.15) is 11.9 Å². The van der Waals surface area contributed by atoms with Crippen LogP contribution >= 0.6 is 0 Å². The number of primary amides is 1. The number of rotatable bonds is 7. The minimum Gasteiger partial charge on any atom is -0.467 e. The standard InChI is InChI=1S/C19H24N2O4/c20-18(23)19(24,14-6-2-1-3-7-14)13-21-10-4-8-15(21)12-16(22)17-9-5-11-25-17/h1-3,5-7,9,11,15-16,22,24H,4,8,10,12-13H2,(H2,20,23)/t15-,16+,19-/m0/s1. The number of aliphatic hydroxyl groups is 2. The van der Waals surface area contributed by atoms with Crippen molar-refractivity contribution in [3.05, 3.63) is 60.1 Å². The van der Waals surface area contributed by atoms with E-state index in [-0.39, 0.29) is 12.6 Å². The number of likely N-dealkylation sites (tertiary alicyclic amines) is 1. The normalized spacial score (nSPS) is 21.8. The first-order valence-electron chi connectivity index (χ1n) is 8.54. The molecule has 0 bridgehead atoms. The Bertz CT molecular complexity index is 689. The van der Waals surface area contributed by atoms with Crippen molar-refractivity contribution in [3.8, 4) is 0 Å². The van der Waals surface area contributed by atoms with Crippen LogP contribution in [0.3, 0.4) is 0 Å². The van der Waals surface area contributed by atoms with Crippen molar-refractivity contribution in [1.82, 2.24) is 4.90 Å². The Morgan fingerprint density at radius 3 is 2.72 bits per heavy atom. The Morgan fingerprint density at radius 2 is 2.08 bits per heavy atom. The van der Waals surface area contributed by atoms with Gasteiger partial charge in [-0.2, -0.15) is 0 Å². The lowest BCUT2D eigenvalue weighted by Gasteiger charge is -2.34. The highest BCUT2D eigenvalue weighted by molar-refractivity contribution is 5.85. The highest BCUT2D eigenvalue weighted by Gasteiger charge is 2.41. The summed E-state index contributed by atoms with van der Waals surface area (Å²) in [5.74, 6) is -0.240. The van der Waals surface area contributed by atoms with Gasteiger partial charge in [-0.05, 0) is 43.5 Å². The number of nitrogens with zero attached hydrogens (tertiary/aromatic N) is 1. The summed E-state index contributed by atoms with van der Waals surface area (Å²) in [7, 11) is 0. The molecular formula is C19H24N2O4. The molecule has 0 aliphatic carbocycles. The van der Waals surface area contributed by atoms with Crippen LogP contribution in [0.2, 0.25) is 0 Å². The van der Waals surface area contributed by atoms with E-state index < -0.39 is 17.6 Å². The zero-order valence-corrected chi connectivity index (χ0v) is 14.0. The molecule has 1 aromatic heterocycles. The summed E-state index contributed by atoms with van der Waals surface area (Å²) in [6.07, 6.45) is 3.14. The maximum Gasteiger partial charge on any atom is 0.255 e. The maximum atomic E-state index is 12.0. The maximum absolute atomic E-state index is 12.0.